The molecule has 0 saturated heterocycles. The van der Waals surface area contributed by atoms with Crippen molar-refractivity contribution in [2.24, 2.45) is 0 Å². The first-order valence-corrected chi connectivity index (χ1v) is 17.7. The summed E-state index contributed by atoms with van der Waals surface area (Å²) in [7, 11) is -2.00. The lowest BCUT2D eigenvalue weighted by Crippen LogP contribution is -2.43. The van der Waals surface area contributed by atoms with Gasteiger partial charge >= 0.3 is 0 Å². The number of benzene rings is 2. The van der Waals surface area contributed by atoms with Crippen LogP contribution in [0, 0.1) is 17.1 Å². The van der Waals surface area contributed by atoms with Crippen LogP contribution in [-0.4, -0.2) is 27.5 Å². The highest BCUT2D eigenvalue weighted by molar-refractivity contribution is 9.10. The molecule has 2 atom stereocenters. The molecular formula is C28H30BrFN4O2SSi. The van der Waals surface area contributed by atoms with E-state index in [0.29, 0.717) is 32.3 Å². The number of hydrogen-bond acceptors (Lipinski definition) is 6. The van der Waals surface area contributed by atoms with Gasteiger partial charge in [0.25, 0.3) is 0 Å². The van der Waals surface area contributed by atoms with E-state index in [1.54, 1.807) is 18.2 Å². The maximum Gasteiger partial charge on any atom is 0.168 e. The Labute approximate surface area is 235 Å². The topological polar surface area (TPSA) is 97.8 Å². The van der Waals surface area contributed by atoms with E-state index in [0.717, 1.165) is 16.5 Å². The maximum absolute atomic E-state index is 15.8. The first-order chi connectivity index (χ1) is 17.8. The Kier molecular flexibility index (Phi) is 8.17. The Morgan fingerprint density at radius 1 is 1.18 bits per heavy atom. The second-order valence-electron chi connectivity index (χ2n) is 11.2. The Hall–Kier alpha value is -2.55. The quantitative estimate of drug-likeness (QED) is 0.144. The van der Waals surface area contributed by atoms with E-state index in [2.05, 4.69) is 56.5 Å². The van der Waals surface area contributed by atoms with Crippen molar-refractivity contribution in [2.45, 2.75) is 57.6 Å². The molecule has 0 radical (unpaired) electrons. The lowest BCUT2D eigenvalue weighted by atomic mass is 9.94. The molecular weight excluding hydrogens is 583 g/mol. The van der Waals surface area contributed by atoms with Crippen molar-refractivity contribution >= 4 is 51.5 Å². The van der Waals surface area contributed by atoms with Crippen LogP contribution in [0.15, 0.2) is 57.7 Å². The molecule has 6 nitrogen and oxygen atoms in total. The number of pyridine rings is 1. The fourth-order valence-corrected chi connectivity index (χ4v) is 7.01. The largest absolute Gasteiger partial charge is 0.598 e. The Balaban J connectivity index is 1.86. The summed E-state index contributed by atoms with van der Waals surface area (Å²) >= 11 is 2.03. The summed E-state index contributed by atoms with van der Waals surface area (Å²) in [6.45, 7) is 11.9. The van der Waals surface area contributed by atoms with Crippen LogP contribution >= 0.6 is 15.9 Å². The van der Waals surface area contributed by atoms with Gasteiger partial charge in [-0.1, -0.05) is 49.1 Å². The third-order valence-electron chi connectivity index (χ3n) is 6.20. The number of nitrogens with zero attached hydrogens (tertiary/aromatic N) is 3. The van der Waals surface area contributed by atoms with Gasteiger partial charge in [0.2, 0.25) is 0 Å². The zero-order chi connectivity index (χ0) is 27.8. The van der Waals surface area contributed by atoms with E-state index in [9.17, 15) is 9.81 Å². The molecule has 0 bridgehead atoms. The molecule has 0 amide bonds. The summed E-state index contributed by atoms with van der Waals surface area (Å²) in [5.41, 5.74) is 3.43. The minimum atomic E-state index is -2.00. The minimum absolute atomic E-state index is 0.177. The fourth-order valence-electron chi connectivity index (χ4n) is 4.16. The normalized spacial score (nSPS) is 13.9. The van der Waals surface area contributed by atoms with E-state index in [-0.39, 0.29) is 12.2 Å². The van der Waals surface area contributed by atoms with Gasteiger partial charge in [-0.25, -0.2) is 9.37 Å². The average Bonchev–Trinajstić information content (AvgIpc) is 3.27. The van der Waals surface area contributed by atoms with Crippen LogP contribution in [0.2, 0.25) is 19.6 Å². The van der Waals surface area contributed by atoms with E-state index in [4.69, 9.17) is 4.52 Å². The van der Waals surface area contributed by atoms with E-state index in [1.165, 1.54) is 0 Å². The van der Waals surface area contributed by atoms with Crippen LogP contribution in [0.1, 0.15) is 43.6 Å². The summed E-state index contributed by atoms with van der Waals surface area (Å²) in [5.74, 6) is -0.311. The summed E-state index contributed by atoms with van der Waals surface area (Å²) in [5, 5.41) is 15.0. The third kappa shape index (κ3) is 6.03. The molecule has 1 N–H and O–H groups in total. The van der Waals surface area contributed by atoms with Gasteiger partial charge in [0, 0.05) is 34.8 Å². The molecule has 0 spiro atoms. The summed E-state index contributed by atoms with van der Waals surface area (Å²) in [6, 6.07) is 16.1. The number of aromatic nitrogens is 2. The van der Waals surface area contributed by atoms with Gasteiger partial charge in [0.15, 0.2) is 5.58 Å². The van der Waals surface area contributed by atoms with E-state index >= 15 is 4.39 Å². The molecule has 0 saturated carbocycles. The molecule has 2 heterocycles. The molecule has 198 valence electrons. The van der Waals surface area contributed by atoms with Crippen LogP contribution in [-0.2, 0) is 17.8 Å². The van der Waals surface area contributed by atoms with Crippen molar-refractivity contribution in [3.8, 4) is 17.3 Å². The highest BCUT2D eigenvalue weighted by Gasteiger charge is 2.33. The number of halogens is 2. The number of fused-ring (bicyclic) bond motifs is 1. The van der Waals surface area contributed by atoms with Crippen LogP contribution in [0.25, 0.3) is 22.2 Å². The average molecular weight is 614 g/mol. The summed E-state index contributed by atoms with van der Waals surface area (Å²) in [4.78, 5) is 4.50. The lowest BCUT2D eigenvalue weighted by Gasteiger charge is -2.29. The molecule has 0 aliphatic carbocycles. The van der Waals surface area contributed by atoms with Crippen molar-refractivity contribution < 1.29 is 13.5 Å². The minimum Gasteiger partial charge on any atom is -0.598 e. The predicted molar refractivity (Wildman–Crippen MR) is 157 cm³/mol. The second kappa shape index (κ2) is 10.9. The van der Waals surface area contributed by atoms with Crippen molar-refractivity contribution in [1.29, 1.82) is 5.26 Å². The molecule has 10 heteroatoms. The first-order valence-electron chi connectivity index (χ1n) is 12.2. The highest BCUT2D eigenvalue weighted by Crippen LogP contribution is 2.35. The SMILES string of the molecule is CC(C)(C)[S@+]([O-])NC(Cc1nc(Br)cc([Si](C)(C)C)c1F)c1ccccc1-c1noc2cc(C#N)ccc12. The molecule has 0 fully saturated rings. The van der Waals surface area contributed by atoms with Gasteiger partial charge in [-0.2, -0.15) is 5.26 Å². The monoisotopic (exact) mass is 612 g/mol. The number of nitriles is 1. The zero-order valence-corrected chi connectivity index (χ0v) is 25.6. The molecule has 0 aliphatic rings. The smallest absolute Gasteiger partial charge is 0.168 e. The van der Waals surface area contributed by atoms with E-state index in [1.807, 2.05) is 51.1 Å². The van der Waals surface area contributed by atoms with Crippen molar-refractivity contribution in [3.05, 3.63) is 75.8 Å². The van der Waals surface area contributed by atoms with Crippen molar-refractivity contribution in [2.75, 3.05) is 0 Å². The lowest BCUT2D eigenvalue weighted by molar-refractivity contribution is 0.459. The van der Waals surface area contributed by atoms with Crippen LogP contribution in [0.3, 0.4) is 0 Å². The van der Waals surface area contributed by atoms with Gasteiger partial charge in [0.05, 0.1) is 31.4 Å². The zero-order valence-electron chi connectivity index (χ0n) is 22.2. The molecule has 1 unspecified atom stereocenters. The molecule has 2 aromatic heterocycles. The fraction of sp³-hybridized carbons (Fsp3) is 0.321. The molecule has 4 aromatic rings. The Morgan fingerprint density at radius 3 is 2.55 bits per heavy atom. The number of rotatable bonds is 7. The van der Waals surface area contributed by atoms with Crippen molar-refractivity contribution in [3.63, 3.8) is 0 Å². The van der Waals surface area contributed by atoms with Gasteiger partial charge in [-0.15, -0.1) is 4.72 Å². The predicted octanol–water partition coefficient (Wildman–Crippen LogP) is 6.54. The number of hydrogen-bond donors (Lipinski definition) is 1. The molecule has 4 rings (SSSR count). The van der Waals surface area contributed by atoms with E-state index < -0.39 is 30.2 Å². The molecule has 0 aliphatic heterocycles. The van der Waals surface area contributed by atoms with Gasteiger partial charge in [0.1, 0.15) is 20.9 Å². The summed E-state index contributed by atoms with van der Waals surface area (Å²) in [6.07, 6.45) is 0.177. The number of nitrogens with one attached hydrogen (secondary N) is 1. The Morgan fingerprint density at radius 2 is 1.89 bits per heavy atom. The standard InChI is InChI=1S/C28H30BrFN4O2SSi/c1-28(2,3)37(35)34-21(14-22-26(30)24(38(4,5)6)15-25(29)32-22)18-9-7-8-10-19(18)27-20-12-11-17(16-31)13-23(20)36-33-27/h7-13,15,21,34H,14H2,1-6H3/t21?,37-/m0/s1. The van der Waals surface area contributed by atoms with Crippen LogP contribution in [0.5, 0.6) is 0 Å². The van der Waals surface area contributed by atoms with Gasteiger partial charge < -0.3 is 9.08 Å². The first kappa shape index (κ1) is 28.5. The molecule has 2 aromatic carbocycles. The highest BCUT2D eigenvalue weighted by atomic mass is 79.9. The van der Waals surface area contributed by atoms with Gasteiger partial charge in [-0.05, 0) is 65.7 Å². The second-order valence-corrected chi connectivity index (χ2v) is 19.0. The maximum atomic E-state index is 15.8. The van der Waals surface area contributed by atoms with Crippen LogP contribution in [0.4, 0.5) is 4.39 Å². The third-order valence-corrected chi connectivity index (χ3v) is 10.2. The van der Waals surface area contributed by atoms with Crippen molar-refractivity contribution in [1.82, 2.24) is 14.9 Å². The van der Waals surface area contributed by atoms with Gasteiger partial charge in [-0.3, -0.25) is 0 Å². The summed E-state index contributed by atoms with van der Waals surface area (Å²) < 4.78 is 38.0. The van der Waals surface area contributed by atoms with Crippen LogP contribution < -0.4 is 9.91 Å². The molecule has 38 heavy (non-hydrogen) atoms. The Bertz CT molecular complexity index is 1520.